The molecule has 118 valence electrons. The molecule has 2 unspecified atom stereocenters. The van der Waals surface area contributed by atoms with Crippen molar-refractivity contribution in [3.63, 3.8) is 0 Å². The smallest absolute Gasteiger partial charge is 0.548 e. The number of nitrogens with one attached hydrogen (secondary N) is 1. The molecule has 0 radical (unpaired) electrons. The van der Waals surface area contributed by atoms with Crippen molar-refractivity contribution in [1.82, 2.24) is 15.2 Å². The van der Waals surface area contributed by atoms with Crippen LogP contribution in [0.2, 0.25) is 5.02 Å². The molecule has 1 aromatic rings. The Morgan fingerprint density at radius 1 is 1.26 bits per heavy atom. The molecule has 0 spiro atoms. The molecule has 1 N–H and O–H groups in total. The molecule has 1 saturated carbocycles. The molecule has 1 saturated heterocycles. The molecule has 2 heterocycles. The molecule has 0 bridgehead atoms. The van der Waals surface area contributed by atoms with E-state index in [0.717, 1.165) is 12.8 Å². The van der Waals surface area contributed by atoms with Gasteiger partial charge in [-0.3, -0.25) is 14.7 Å². The standard InChI is InChI=1S/C15H18ClN3O3.Na/c16-9-1-2-10(17-7-9)8-18-14(20)12-5-6-13(15(21)22)19(12)11-3-4-11;/h1-2,7,11-13H,3-6,8H2,(H,18,20)(H,21,22);/q;+1/p-1. The van der Waals surface area contributed by atoms with Crippen molar-refractivity contribution in [2.45, 2.75) is 50.4 Å². The number of carbonyl (C=O) groups excluding carboxylic acids is 2. The molecule has 3 rings (SSSR count). The first-order valence-corrected chi connectivity index (χ1v) is 7.80. The van der Waals surface area contributed by atoms with Crippen LogP contribution < -0.4 is 40.0 Å². The minimum absolute atomic E-state index is 0. The van der Waals surface area contributed by atoms with E-state index >= 15 is 0 Å². The zero-order valence-electron chi connectivity index (χ0n) is 13.0. The van der Waals surface area contributed by atoms with Gasteiger partial charge in [-0.25, -0.2) is 0 Å². The van der Waals surface area contributed by atoms with Gasteiger partial charge in [0.15, 0.2) is 0 Å². The Labute approximate surface area is 161 Å². The van der Waals surface area contributed by atoms with E-state index in [4.69, 9.17) is 11.6 Å². The van der Waals surface area contributed by atoms with Crippen molar-refractivity contribution in [2.24, 2.45) is 0 Å². The molecular weight excluding hydrogens is 329 g/mol. The number of halogens is 1. The van der Waals surface area contributed by atoms with E-state index in [1.165, 1.54) is 6.20 Å². The van der Waals surface area contributed by atoms with E-state index in [1.54, 1.807) is 12.1 Å². The number of nitrogens with zero attached hydrogens (tertiary/aromatic N) is 2. The van der Waals surface area contributed by atoms with Gasteiger partial charge in [-0.1, -0.05) is 11.6 Å². The summed E-state index contributed by atoms with van der Waals surface area (Å²) < 4.78 is 0. The second-order valence-corrected chi connectivity index (χ2v) is 6.23. The van der Waals surface area contributed by atoms with Crippen molar-refractivity contribution >= 4 is 23.5 Å². The van der Waals surface area contributed by atoms with E-state index in [2.05, 4.69) is 10.3 Å². The van der Waals surface area contributed by atoms with Crippen molar-refractivity contribution in [3.05, 3.63) is 29.0 Å². The van der Waals surface area contributed by atoms with Crippen LogP contribution in [-0.4, -0.2) is 39.9 Å². The first-order chi connectivity index (χ1) is 10.6. The Morgan fingerprint density at radius 2 is 1.96 bits per heavy atom. The molecule has 6 nitrogen and oxygen atoms in total. The zero-order chi connectivity index (χ0) is 15.7. The number of carboxylic acids is 1. The van der Waals surface area contributed by atoms with E-state index in [0.29, 0.717) is 30.1 Å². The number of carbonyl (C=O) groups is 2. The molecule has 8 heteroatoms. The third-order valence-corrected chi connectivity index (χ3v) is 4.43. The van der Waals surface area contributed by atoms with Gasteiger partial charge in [-0.15, -0.1) is 0 Å². The number of likely N-dealkylation sites (tertiary alicyclic amines) is 1. The molecular formula is C15H17ClN3NaO3. The largest absolute Gasteiger partial charge is 1.00 e. The summed E-state index contributed by atoms with van der Waals surface area (Å²) in [4.78, 5) is 29.5. The second kappa shape index (κ2) is 7.94. The molecule has 0 aromatic carbocycles. The number of rotatable bonds is 5. The minimum Gasteiger partial charge on any atom is -0.548 e. The van der Waals surface area contributed by atoms with Gasteiger partial charge in [0.25, 0.3) is 0 Å². The molecule has 2 atom stereocenters. The van der Waals surface area contributed by atoms with Gasteiger partial charge in [-0.05, 0) is 37.8 Å². The number of hydrogen-bond donors (Lipinski definition) is 1. The number of aromatic nitrogens is 1. The summed E-state index contributed by atoms with van der Waals surface area (Å²) in [6, 6.07) is 2.64. The number of aliphatic carboxylic acids is 1. The monoisotopic (exact) mass is 345 g/mol. The van der Waals surface area contributed by atoms with Gasteiger partial charge in [-0.2, -0.15) is 0 Å². The third kappa shape index (κ3) is 4.45. The molecule has 2 fully saturated rings. The van der Waals surface area contributed by atoms with E-state index in [-0.39, 0.29) is 47.5 Å². The summed E-state index contributed by atoms with van der Waals surface area (Å²) >= 11 is 5.77. The summed E-state index contributed by atoms with van der Waals surface area (Å²) in [5.74, 6) is -1.23. The van der Waals surface area contributed by atoms with Crippen LogP contribution >= 0.6 is 11.6 Å². The van der Waals surface area contributed by atoms with Crippen LogP contribution in [-0.2, 0) is 16.1 Å². The van der Waals surface area contributed by atoms with E-state index < -0.39 is 12.0 Å². The minimum atomic E-state index is -1.08. The topological polar surface area (TPSA) is 85.4 Å². The molecule has 1 amide bonds. The van der Waals surface area contributed by atoms with Crippen molar-refractivity contribution in [1.29, 1.82) is 0 Å². The Kier molecular flexibility index (Phi) is 6.45. The summed E-state index contributed by atoms with van der Waals surface area (Å²) in [5.41, 5.74) is 0.713. The van der Waals surface area contributed by atoms with Gasteiger partial charge in [0.2, 0.25) is 5.91 Å². The van der Waals surface area contributed by atoms with E-state index in [1.807, 2.05) is 4.90 Å². The van der Waals surface area contributed by atoms with Gasteiger partial charge in [0, 0.05) is 12.2 Å². The average Bonchev–Trinajstić information content (AvgIpc) is 3.24. The van der Waals surface area contributed by atoms with Crippen LogP contribution in [0.3, 0.4) is 0 Å². The average molecular weight is 346 g/mol. The van der Waals surface area contributed by atoms with Crippen LogP contribution in [0, 0.1) is 0 Å². The summed E-state index contributed by atoms with van der Waals surface area (Å²) in [7, 11) is 0. The van der Waals surface area contributed by atoms with Crippen LogP contribution in [0.5, 0.6) is 0 Å². The van der Waals surface area contributed by atoms with Gasteiger partial charge < -0.3 is 15.2 Å². The molecule has 23 heavy (non-hydrogen) atoms. The third-order valence-electron chi connectivity index (χ3n) is 4.21. The SMILES string of the molecule is O=C([O-])C1CCC(C(=O)NCc2ccc(Cl)cn2)N1C1CC1.[Na+]. The normalized spacial score (nSPS) is 24.0. The Morgan fingerprint density at radius 3 is 2.52 bits per heavy atom. The van der Waals surface area contributed by atoms with E-state index in [9.17, 15) is 14.7 Å². The predicted octanol–water partition coefficient (Wildman–Crippen LogP) is -2.90. The zero-order valence-corrected chi connectivity index (χ0v) is 15.8. The summed E-state index contributed by atoms with van der Waals surface area (Å²) in [6.07, 6.45) is 4.45. The fourth-order valence-corrected chi connectivity index (χ4v) is 3.14. The Bertz CT molecular complexity index is 580. The fourth-order valence-electron chi connectivity index (χ4n) is 3.03. The number of hydrogen-bond acceptors (Lipinski definition) is 5. The van der Waals surface area contributed by atoms with Gasteiger partial charge in [0.1, 0.15) is 0 Å². The molecule has 1 aliphatic carbocycles. The maximum Gasteiger partial charge on any atom is 1.00 e. The fraction of sp³-hybridized carbons (Fsp3) is 0.533. The maximum atomic E-state index is 12.4. The second-order valence-electron chi connectivity index (χ2n) is 5.79. The first-order valence-electron chi connectivity index (χ1n) is 7.42. The van der Waals surface area contributed by atoms with Crippen LogP contribution in [0.4, 0.5) is 0 Å². The molecule has 2 aliphatic rings. The van der Waals surface area contributed by atoms with Crippen LogP contribution in [0.1, 0.15) is 31.4 Å². The maximum absolute atomic E-state index is 12.4. The van der Waals surface area contributed by atoms with Crippen LogP contribution in [0.15, 0.2) is 18.3 Å². The number of amides is 1. The number of pyridine rings is 1. The number of carboxylic acid groups (broad SMARTS) is 1. The Balaban J connectivity index is 0.00000192. The van der Waals surface area contributed by atoms with Crippen molar-refractivity contribution < 1.29 is 44.3 Å². The summed E-state index contributed by atoms with van der Waals surface area (Å²) in [6.45, 7) is 0.307. The van der Waals surface area contributed by atoms with Crippen molar-refractivity contribution in [2.75, 3.05) is 0 Å². The quantitative estimate of drug-likeness (QED) is 0.579. The summed E-state index contributed by atoms with van der Waals surface area (Å²) in [5, 5.41) is 14.6. The molecule has 1 aliphatic heterocycles. The molecule has 1 aromatic heterocycles. The first kappa shape index (κ1) is 18.7. The van der Waals surface area contributed by atoms with Crippen LogP contribution in [0.25, 0.3) is 0 Å². The van der Waals surface area contributed by atoms with Crippen molar-refractivity contribution in [3.8, 4) is 0 Å². The van der Waals surface area contributed by atoms with Gasteiger partial charge >= 0.3 is 29.6 Å². The Hall–Kier alpha value is -0.660. The predicted molar refractivity (Wildman–Crippen MR) is 77.8 cm³/mol. The van der Waals surface area contributed by atoms with Gasteiger partial charge in [0.05, 0.1) is 35.3 Å².